The van der Waals surface area contributed by atoms with Crippen LogP contribution in [0.15, 0.2) is 0 Å². The summed E-state index contributed by atoms with van der Waals surface area (Å²) in [5.41, 5.74) is 0. The van der Waals surface area contributed by atoms with E-state index in [1.807, 2.05) is 13.8 Å². The van der Waals surface area contributed by atoms with Gasteiger partial charge in [-0.2, -0.15) is 0 Å². The molecule has 0 rings (SSSR count). The number of carbonyl (C=O) groups is 2. The van der Waals surface area contributed by atoms with Crippen molar-refractivity contribution in [1.29, 1.82) is 0 Å². The van der Waals surface area contributed by atoms with Crippen molar-refractivity contribution in [2.24, 2.45) is 5.92 Å². The van der Waals surface area contributed by atoms with Crippen LogP contribution in [-0.4, -0.2) is 25.2 Å². The Hall–Kier alpha value is -1.06. The molecule has 0 bridgehead atoms. The fourth-order valence-electron chi connectivity index (χ4n) is 3.07. The van der Waals surface area contributed by atoms with Crippen molar-refractivity contribution < 1.29 is 19.1 Å². The molecular weight excluding hydrogens is 352 g/mol. The van der Waals surface area contributed by atoms with Gasteiger partial charge in [0.1, 0.15) is 0 Å². The second kappa shape index (κ2) is 20.7. The molecule has 0 unspecified atom stereocenters. The fourth-order valence-corrected chi connectivity index (χ4v) is 3.07. The van der Waals surface area contributed by atoms with E-state index in [1.165, 1.54) is 64.2 Å². The highest BCUT2D eigenvalue weighted by Crippen LogP contribution is 2.12. The maximum absolute atomic E-state index is 11.7. The number of hydrogen-bond donors (Lipinski definition) is 0. The van der Waals surface area contributed by atoms with Crippen LogP contribution in [0.25, 0.3) is 0 Å². The van der Waals surface area contributed by atoms with Crippen LogP contribution >= 0.6 is 0 Å². The molecule has 0 aliphatic rings. The third-order valence-electron chi connectivity index (χ3n) is 4.85. The van der Waals surface area contributed by atoms with E-state index < -0.39 is 0 Å². The largest absolute Gasteiger partial charge is 0.466 e. The van der Waals surface area contributed by atoms with Gasteiger partial charge in [0, 0.05) is 12.8 Å². The van der Waals surface area contributed by atoms with Crippen LogP contribution in [0.5, 0.6) is 0 Å². The predicted octanol–water partition coefficient (Wildman–Crippen LogP) is 6.99. The zero-order valence-electron chi connectivity index (χ0n) is 18.9. The lowest BCUT2D eigenvalue weighted by Gasteiger charge is -2.07. The van der Waals surface area contributed by atoms with Crippen LogP contribution in [-0.2, 0) is 19.1 Å². The molecule has 0 aromatic rings. The molecule has 0 radical (unpaired) electrons. The van der Waals surface area contributed by atoms with E-state index in [1.54, 1.807) is 0 Å². The van der Waals surface area contributed by atoms with Gasteiger partial charge in [0.2, 0.25) is 0 Å². The minimum atomic E-state index is -0.168. The van der Waals surface area contributed by atoms with Gasteiger partial charge in [0.05, 0.1) is 13.2 Å². The normalized spacial score (nSPS) is 11.0. The predicted molar refractivity (Wildman–Crippen MR) is 116 cm³/mol. The minimum absolute atomic E-state index is 0.140. The molecule has 28 heavy (non-hydrogen) atoms. The first kappa shape index (κ1) is 26.9. The van der Waals surface area contributed by atoms with E-state index in [9.17, 15) is 9.59 Å². The van der Waals surface area contributed by atoms with E-state index in [2.05, 4.69) is 6.92 Å². The van der Waals surface area contributed by atoms with E-state index in [0.717, 1.165) is 12.8 Å². The fraction of sp³-hybridized carbons (Fsp3) is 0.917. The summed E-state index contributed by atoms with van der Waals surface area (Å²) in [6.45, 7) is 7.29. The van der Waals surface area contributed by atoms with E-state index >= 15 is 0 Å². The van der Waals surface area contributed by atoms with Crippen molar-refractivity contribution in [3.8, 4) is 0 Å². The lowest BCUT2D eigenvalue weighted by Crippen LogP contribution is -2.10. The summed E-state index contributed by atoms with van der Waals surface area (Å²) < 4.78 is 10.4. The highest BCUT2D eigenvalue weighted by molar-refractivity contribution is 5.70. The van der Waals surface area contributed by atoms with E-state index in [-0.39, 0.29) is 11.9 Å². The summed E-state index contributed by atoms with van der Waals surface area (Å²) in [6, 6.07) is 0. The summed E-state index contributed by atoms with van der Waals surface area (Å²) in [6.07, 6.45) is 17.8. The van der Waals surface area contributed by atoms with Gasteiger partial charge in [-0.25, -0.2) is 0 Å². The van der Waals surface area contributed by atoms with Crippen LogP contribution in [0, 0.1) is 5.92 Å². The maximum Gasteiger partial charge on any atom is 0.305 e. The van der Waals surface area contributed by atoms with Gasteiger partial charge < -0.3 is 9.47 Å². The lowest BCUT2D eigenvalue weighted by molar-refractivity contribution is -0.146. The molecular formula is C24H46O4. The van der Waals surface area contributed by atoms with Crippen LogP contribution in [0.3, 0.4) is 0 Å². The quantitative estimate of drug-likeness (QED) is 0.164. The summed E-state index contributed by atoms with van der Waals surface area (Å²) in [5.74, 6) is 0.0522. The van der Waals surface area contributed by atoms with Crippen molar-refractivity contribution >= 4 is 11.9 Å². The number of ether oxygens (including phenoxy) is 2. The lowest BCUT2D eigenvalue weighted by atomic mass is 10.1. The Kier molecular flexibility index (Phi) is 19.9. The standard InChI is InChI=1S/C24H46O4/c1-4-5-6-7-8-9-10-11-12-13-14-17-20-27-23(25)18-15-16-19-24(26)28-21-22(2)3/h22H,4-21H2,1-3H3. The Morgan fingerprint density at radius 2 is 1.04 bits per heavy atom. The number of carbonyl (C=O) groups excluding carboxylic acids is 2. The molecule has 0 N–H and O–H groups in total. The Labute approximate surface area is 174 Å². The molecule has 0 aromatic carbocycles. The van der Waals surface area contributed by atoms with Crippen molar-refractivity contribution in [3.05, 3.63) is 0 Å². The molecule has 0 saturated carbocycles. The second-order valence-electron chi connectivity index (χ2n) is 8.39. The number of hydrogen-bond acceptors (Lipinski definition) is 4. The maximum atomic E-state index is 11.7. The van der Waals surface area contributed by atoms with Gasteiger partial charge in [0.15, 0.2) is 0 Å². The van der Waals surface area contributed by atoms with E-state index in [4.69, 9.17) is 9.47 Å². The molecule has 166 valence electrons. The summed E-state index contributed by atoms with van der Waals surface area (Å²) in [4.78, 5) is 23.1. The average molecular weight is 399 g/mol. The second-order valence-corrected chi connectivity index (χ2v) is 8.39. The van der Waals surface area contributed by atoms with Crippen molar-refractivity contribution in [2.45, 2.75) is 124 Å². The van der Waals surface area contributed by atoms with Gasteiger partial charge in [-0.05, 0) is 25.2 Å². The number of unbranched alkanes of at least 4 members (excludes halogenated alkanes) is 12. The van der Waals surface area contributed by atoms with Crippen LogP contribution in [0.2, 0.25) is 0 Å². The molecule has 0 aliphatic carbocycles. The third kappa shape index (κ3) is 21.2. The summed E-state index contributed by atoms with van der Waals surface area (Å²) in [7, 11) is 0. The molecule has 4 heteroatoms. The van der Waals surface area contributed by atoms with Crippen LogP contribution < -0.4 is 0 Å². The highest BCUT2D eigenvalue weighted by atomic mass is 16.5. The van der Waals surface area contributed by atoms with E-state index in [0.29, 0.717) is 44.8 Å². The zero-order chi connectivity index (χ0) is 20.9. The molecule has 0 saturated heterocycles. The van der Waals surface area contributed by atoms with Crippen molar-refractivity contribution in [3.63, 3.8) is 0 Å². The third-order valence-corrected chi connectivity index (χ3v) is 4.85. The molecule has 0 heterocycles. The zero-order valence-corrected chi connectivity index (χ0v) is 18.9. The van der Waals surface area contributed by atoms with Gasteiger partial charge in [-0.1, -0.05) is 91.4 Å². The highest BCUT2D eigenvalue weighted by Gasteiger charge is 2.07. The molecule has 0 spiro atoms. The molecule has 0 amide bonds. The summed E-state index contributed by atoms with van der Waals surface area (Å²) >= 11 is 0. The van der Waals surface area contributed by atoms with Crippen LogP contribution in [0.1, 0.15) is 124 Å². The Morgan fingerprint density at radius 3 is 1.50 bits per heavy atom. The molecule has 0 atom stereocenters. The van der Waals surface area contributed by atoms with Crippen molar-refractivity contribution in [1.82, 2.24) is 0 Å². The Bertz CT molecular complexity index is 366. The smallest absolute Gasteiger partial charge is 0.305 e. The minimum Gasteiger partial charge on any atom is -0.466 e. The molecule has 0 aliphatic heterocycles. The first-order chi connectivity index (χ1) is 13.6. The summed E-state index contributed by atoms with van der Waals surface area (Å²) in [5, 5.41) is 0. The van der Waals surface area contributed by atoms with Gasteiger partial charge in [-0.15, -0.1) is 0 Å². The molecule has 4 nitrogen and oxygen atoms in total. The molecule has 0 fully saturated rings. The monoisotopic (exact) mass is 398 g/mol. The topological polar surface area (TPSA) is 52.6 Å². The first-order valence-electron chi connectivity index (χ1n) is 11.9. The van der Waals surface area contributed by atoms with Crippen LogP contribution in [0.4, 0.5) is 0 Å². The number of rotatable bonds is 20. The Balaban J connectivity index is 3.26. The average Bonchev–Trinajstić information content (AvgIpc) is 2.67. The number of esters is 2. The first-order valence-corrected chi connectivity index (χ1v) is 11.9. The van der Waals surface area contributed by atoms with Gasteiger partial charge in [-0.3, -0.25) is 9.59 Å². The molecule has 0 aromatic heterocycles. The van der Waals surface area contributed by atoms with Crippen molar-refractivity contribution in [2.75, 3.05) is 13.2 Å². The van der Waals surface area contributed by atoms with Gasteiger partial charge >= 0.3 is 11.9 Å². The SMILES string of the molecule is CCCCCCCCCCCCCCOC(=O)CCCCC(=O)OCC(C)C. The van der Waals surface area contributed by atoms with Gasteiger partial charge in [0.25, 0.3) is 0 Å². The Morgan fingerprint density at radius 1 is 0.607 bits per heavy atom.